The molecule has 0 unspecified atom stereocenters. The van der Waals surface area contributed by atoms with Crippen molar-refractivity contribution in [3.63, 3.8) is 0 Å². The summed E-state index contributed by atoms with van der Waals surface area (Å²) < 4.78 is 2.25. The maximum absolute atomic E-state index is 4.61. The molecule has 5 heteroatoms. The summed E-state index contributed by atoms with van der Waals surface area (Å²) in [7, 11) is 0. The highest BCUT2D eigenvalue weighted by molar-refractivity contribution is 5.94. The lowest BCUT2D eigenvalue weighted by atomic mass is 10.1. The zero-order chi connectivity index (χ0) is 16.1. The summed E-state index contributed by atoms with van der Waals surface area (Å²) in [6.45, 7) is 8.38. The predicted octanol–water partition coefficient (Wildman–Crippen LogP) is 4.17. The molecule has 4 heterocycles. The van der Waals surface area contributed by atoms with Crippen LogP contribution in [0.3, 0.4) is 0 Å². The maximum atomic E-state index is 4.61. The molecule has 0 amide bonds. The van der Waals surface area contributed by atoms with E-state index in [4.69, 9.17) is 0 Å². The number of rotatable bonds is 2. The van der Waals surface area contributed by atoms with E-state index in [-0.39, 0.29) is 0 Å². The van der Waals surface area contributed by atoms with E-state index in [9.17, 15) is 0 Å². The third-order valence-corrected chi connectivity index (χ3v) is 4.22. The van der Waals surface area contributed by atoms with Crippen molar-refractivity contribution in [2.24, 2.45) is 0 Å². The second-order valence-corrected chi connectivity index (χ2v) is 6.23. The largest absolute Gasteiger partial charge is 0.345 e. The Labute approximate surface area is 134 Å². The van der Waals surface area contributed by atoms with Gasteiger partial charge in [0.25, 0.3) is 0 Å². The fourth-order valence-electron chi connectivity index (χ4n) is 3.23. The molecule has 0 spiro atoms. The van der Waals surface area contributed by atoms with Gasteiger partial charge in [-0.15, -0.1) is 0 Å². The van der Waals surface area contributed by atoms with Gasteiger partial charge in [-0.25, -0.2) is 9.97 Å². The third-order valence-electron chi connectivity index (χ3n) is 4.22. The highest BCUT2D eigenvalue weighted by Gasteiger charge is 2.14. The van der Waals surface area contributed by atoms with E-state index >= 15 is 0 Å². The first-order valence-electron chi connectivity index (χ1n) is 7.84. The molecule has 0 radical (unpaired) electrons. The minimum Gasteiger partial charge on any atom is -0.345 e. The summed E-state index contributed by atoms with van der Waals surface area (Å²) in [5.41, 5.74) is 5.98. The molecule has 0 aliphatic rings. The minimum atomic E-state index is 0.363. The lowest BCUT2D eigenvalue weighted by Crippen LogP contribution is -2.02. The van der Waals surface area contributed by atoms with Crippen LogP contribution in [0.4, 0.5) is 0 Å². The van der Waals surface area contributed by atoms with Crippen LogP contribution in [0.1, 0.15) is 31.4 Å². The van der Waals surface area contributed by atoms with Gasteiger partial charge in [0.2, 0.25) is 0 Å². The molecule has 4 rings (SSSR count). The highest BCUT2D eigenvalue weighted by atomic mass is 15.1. The van der Waals surface area contributed by atoms with Crippen LogP contribution in [0.2, 0.25) is 0 Å². The van der Waals surface area contributed by atoms with Crippen LogP contribution in [-0.4, -0.2) is 24.5 Å². The number of aromatic amines is 1. The predicted molar refractivity (Wildman–Crippen MR) is 92.5 cm³/mol. The Balaban J connectivity index is 1.96. The lowest BCUT2D eigenvalue weighted by Gasteiger charge is -2.11. The SMILES string of the molecule is Cc1ccc2c(-c3cc4c(cn3)nc(C)n4C(C)C)c[nH]c2n1. The normalized spacial score (nSPS) is 11.9. The number of hydrogen-bond donors (Lipinski definition) is 1. The van der Waals surface area contributed by atoms with Gasteiger partial charge in [-0.05, 0) is 45.9 Å². The van der Waals surface area contributed by atoms with E-state index in [0.29, 0.717) is 6.04 Å². The monoisotopic (exact) mass is 305 g/mol. The first-order valence-corrected chi connectivity index (χ1v) is 7.84. The number of aromatic nitrogens is 5. The van der Waals surface area contributed by atoms with Crippen LogP contribution >= 0.6 is 0 Å². The Morgan fingerprint density at radius 3 is 2.74 bits per heavy atom. The molecular weight excluding hydrogens is 286 g/mol. The number of fused-ring (bicyclic) bond motifs is 2. The zero-order valence-electron chi connectivity index (χ0n) is 13.8. The van der Waals surface area contributed by atoms with Crippen LogP contribution in [0.5, 0.6) is 0 Å². The van der Waals surface area contributed by atoms with Crippen molar-refractivity contribution >= 4 is 22.1 Å². The number of nitrogens with one attached hydrogen (secondary N) is 1. The van der Waals surface area contributed by atoms with E-state index in [1.54, 1.807) is 0 Å². The molecule has 0 aromatic carbocycles. The summed E-state index contributed by atoms with van der Waals surface area (Å²) in [6.07, 6.45) is 3.84. The molecule has 4 aromatic heterocycles. The second kappa shape index (κ2) is 4.91. The molecule has 0 saturated carbocycles. The summed E-state index contributed by atoms with van der Waals surface area (Å²) in [6, 6.07) is 6.61. The molecule has 0 aliphatic carbocycles. The van der Waals surface area contributed by atoms with Gasteiger partial charge >= 0.3 is 0 Å². The number of pyridine rings is 2. The third kappa shape index (κ3) is 2.11. The van der Waals surface area contributed by atoms with Gasteiger partial charge in [0.05, 0.1) is 17.4 Å². The maximum Gasteiger partial charge on any atom is 0.138 e. The molecule has 116 valence electrons. The lowest BCUT2D eigenvalue weighted by molar-refractivity contribution is 0.600. The molecule has 0 atom stereocenters. The van der Waals surface area contributed by atoms with E-state index in [1.165, 1.54) is 0 Å². The van der Waals surface area contributed by atoms with Crippen LogP contribution in [0.25, 0.3) is 33.3 Å². The highest BCUT2D eigenvalue weighted by Crippen LogP contribution is 2.29. The summed E-state index contributed by atoms with van der Waals surface area (Å²) in [5.74, 6) is 1.02. The minimum absolute atomic E-state index is 0.363. The molecule has 23 heavy (non-hydrogen) atoms. The fraction of sp³-hybridized carbons (Fsp3) is 0.278. The quantitative estimate of drug-likeness (QED) is 0.604. The topological polar surface area (TPSA) is 59.4 Å². The fourth-order valence-corrected chi connectivity index (χ4v) is 3.23. The molecule has 0 saturated heterocycles. The Hall–Kier alpha value is -2.69. The average molecular weight is 305 g/mol. The van der Waals surface area contributed by atoms with Gasteiger partial charge in [-0.1, -0.05) is 0 Å². The van der Waals surface area contributed by atoms with Crippen molar-refractivity contribution in [1.82, 2.24) is 24.5 Å². The van der Waals surface area contributed by atoms with Gasteiger partial charge in [0, 0.05) is 28.9 Å². The standard InChI is InChI=1S/C18H19N5/c1-10(2)23-12(4)22-16-9-19-15(7-17(16)23)14-8-20-18-13(14)6-5-11(3)21-18/h5-10H,1-4H3,(H,20,21). The van der Waals surface area contributed by atoms with Gasteiger partial charge in [-0.3, -0.25) is 4.98 Å². The van der Waals surface area contributed by atoms with Crippen LogP contribution in [-0.2, 0) is 0 Å². The van der Waals surface area contributed by atoms with Crippen molar-refractivity contribution < 1.29 is 0 Å². The number of nitrogens with zero attached hydrogens (tertiary/aromatic N) is 4. The first kappa shape index (κ1) is 13.9. The smallest absolute Gasteiger partial charge is 0.138 e. The van der Waals surface area contributed by atoms with Crippen LogP contribution < -0.4 is 0 Å². The number of aryl methyl sites for hydroxylation is 2. The van der Waals surface area contributed by atoms with Crippen molar-refractivity contribution in [2.45, 2.75) is 33.7 Å². The molecule has 0 bridgehead atoms. The first-order chi connectivity index (χ1) is 11.0. The summed E-state index contributed by atoms with van der Waals surface area (Å²) >= 11 is 0. The molecule has 1 N–H and O–H groups in total. The number of hydrogen-bond acceptors (Lipinski definition) is 3. The van der Waals surface area contributed by atoms with Gasteiger partial charge < -0.3 is 9.55 Å². The Bertz CT molecular complexity index is 1020. The average Bonchev–Trinajstić information content (AvgIpc) is 3.05. The van der Waals surface area contributed by atoms with Gasteiger partial charge in [-0.2, -0.15) is 0 Å². The Morgan fingerprint density at radius 1 is 1.13 bits per heavy atom. The van der Waals surface area contributed by atoms with Crippen LogP contribution in [0.15, 0.2) is 30.6 Å². The Morgan fingerprint density at radius 2 is 1.96 bits per heavy atom. The zero-order valence-corrected chi connectivity index (χ0v) is 13.8. The van der Waals surface area contributed by atoms with Crippen molar-refractivity contribution in [3.8, 4) is 11.3 Å². The van der Waals surface area contributed by atoms with Crippen LogP contribution in [0, 0.1) is 13.8 Å². The molecular formula is C18H19N5. The Kier molecular flexibility index (Phi) is 2.98. The van der Waals surface area contributed by atoms with E-state index in [2.05, 4.69) is 50.5 Å². The summed E-state index contributed by atoms with van der Waals surface area (Å²) in [5, 5.41) is 1.09. The van der Waals surface area contributed by atoms with E-state index in [0.717, 1.165) is 44.8 Å². The number of H-pyrrole nitrogens is 1. The van der Waals surface area contributed by atoms with E-state index < -0.39 is 0 Å². The number of imidazole rings is 1. The van der Waals surface area contributed by atoms with Crippen molar-refractivity contribution in [3.05, 3.63) is 42.1 Å². The van der Waals surface area contributed by atoms with E-state index in [1.807, 2.05) is 32.3 Å². The summed E-state index contributed by atoms with van der Waals surface area (Å²) in [4.78, 5) is 17.0. The van der Waals surface area contributed by atoms with Crippen molar-refractivity contribution in [2.75, 3.05) is 0 Å². The van der Waals surface area contributed by atoms with Gasteiger partial charge in [0.15, 0.2) is 0 Å². The molecule has 0 aliphatic heterocycles. The molecule has 5 nitrogen and oxygen atoms in total. The molecule has 0 fully saturated rings. The van der Waals surface area contributed by atoms with Crippen molar-refractivity contribution in [1.29, 1.82) is 0 Å². The molecule has 4 aromatic rings. The van der Waals surface area contributed by atoms with Gasteiger partial charge in [0.1, 0.15) is 17.0 Å². The second-order valence-electron chi connectivity index (χ2n) is 6.23.